The molecule has 0 aliphatic carbocycles. The van der Waals surface area contributed by atoms with Crippen LogP contribution in [-0.2, 0) is 0 Å². The van der Waals surface area contributed by atoms with Crippen LogP contribution in [0.1, 0.15) is 18.5 Å². The molecular formula is C12H17BrFN3O. The van der Waals surface area contributed by atoms with Gasteiger partial charge in [-0.15, -0.1) is 0 Å². The first-order chi connectivity index (χ1) is 8.58. The summed E-state index contributed by atoms with van der Waals surface area (Å²) in [6, 6.07) is 5.64. The molecule has 0 aromatic heterocycles. The Bertz CT molecular complexity index is 426. The standard InChI is InChI=1S/C12H17BrFN3O/c1-8(17-12(15)16-2)9-3-4-11(10(13)7-9)18-6-5-14/h3-4,7-8H,5-6H2,1-2H3,(H3,15,16,17). The van der Waals surface area contributed by atoms with Crippen molar-refractivity contribution in [2.45, 2.75) is 13.0 Å². The van der Waals surface area contributed by atoms with Gasteiger partial charge in [0.25, 0.3) is 0 Å². The second-order valence-electron chi connectivity index (χ2n) is 3.70. The molecule has 1 aromatic carbocycles. The summed E-state index contributed by atoms with van der Waals surface area (Å²) < 4.78 is 18.0. The van der Waals surface area contributed by atoms with E-state index in [0.717, 1.165) is 10.0 Å². The third-order valence-electron chi connectivity index (χ3n) is 2.40. The molecule has 6 heteroatoms. The number of nitrogens with one attached hydrogen (secondary N) is 1. The number of hydrogen-bond donors (Lipinski definition) is 2. The topological polar surface area (TPSA) is 59.6 Å². The highest BCUT2D eigenvalue weighted by atomic mass is 79.9. The van der Waals surface area contributed by atoms with Crippen LogP contribution in [0.15, 0.2) is 27.7 Å². The maximum atomic E-state index is 12.0. The van der Waals surface area contributed by atoms with Gasteiger partial charge in [-0.25, -0.2) is 4.39 Å². The minimum absolute atomic E-state index is 0.0280. The molecule has 18 heavy (non-hydrogen) atoms. The number of aliphatic imine (C=N–C) groups is 1. The minimum Gasteiger partial charge on any atom is -0.490 e. The molecule has 1 unspecified atom stereocenters. The number of guanidine groups is 1. The molecule has 0 radical (unpaired) electrons. The molecule has 0 spiro atoms. The number of alkyl halides is 1. The Morgan fingerprint density at radius 2 is 2.33 bits per heavy atom. The number of rotatable bonds is 5. The Hall–Kier alpha value is -1.30. The molecule has 0 aliphatic rings. The highest BCUT2D eigenvalue weighted by molar-refractivity contribution is 9.10. The van der Waals surface area contributed by atoms with Gasteiger partial charge in [0, 0.05) is 7.05 Å². The number of ether oxygens (including phenoxy) is 1. The fraction of sp³-hybridized carbons (Fsp3) is 0.417. The third kappa shape index (κ3) is 4.18. The maximum Gasteiger partial charge on any atom is 0.188 e. The molecule has 3 N–H and O–H groups in total. The van der Waals surface area contributed by atoms with E-state index in [1.54, 1.807) is 13.1 Å². The third-order valence-corrected chi connectivity index (χ3v) is 3.02. The fourth-order valence-electron chi connectivity index (χ4n) is 1.42. The molecule has 0 aliphatic heterocycles. The highest BCUT2D eigenvalue weighted by Gasteiger charge is 2.09. The molecule has 4 nitrogen and oxygen atoms in total. The average molecular weight is 318 g/mol. The van der Waals surface area contributed by atoms with E-state index in [2.05, 4.69) is 26.2 Å². The van der Waals surface area contributed by atoms with Crippen LogP contribution in [0.3, 0.4) is 0 Å². The van der Waals surface area contributed by atoms with Crippen LogP contribution >= 0.6 is 15.9 Å². The first kappa shape index (κ1) is 14.8. The number of nitrogens with zero attached hydrogens (tertiary/aromatic N) is 1. The molecule has 1 aromatic rings. The maximum absolute atomic E-state index is 12.0. The van der Waals surface area contributed by atoms with Crippen molar-refractivity contribution < 1.29 is 9.13 Å². The summed E-state index contributed by atoms with van der Waals surface area (Å²) in [5.41, 5.74) is 6.63. The van der Waals surface area contributed by atoms with E-state index in [4.69, 9.17) is 10.5 Å². The van der Waals surface area contributed by atoms with Crippen molar-refractivity contribution in [1.82, 2.24) is 5.32 Å². The van der Waals surface area contributed by atoms with Crippen molar-refractivity contribution in [1.29, 1.82) is 0 Å². The molecule has 0 saturated carbocycles. The molecule has 0 amide bonds. The van der Waals surface area contributed by atoms with Gasteiger partial charge in [0.1, 0.15) is 19.0 Å². The van der Waals surface area contributed by atoms with Crippen molar-refractivity contribution in [2.24, 2.45) is 10.7 Å². The SMILES string of the molecule is CN=C(N)NC(C)c1ccc(OCCF)c(Br)c1. The summed E-state index contributed by atoms with van der Waals surface area (Å²) in [7, 11) is 1.62. The summed E-state index contributed by atoms with van der Waals surface area (Å²) in [6.45, 7) is 1.53. The van der Waals surface area contributed by atoms with Gasteiger partial charge >= 0.3 is 0 Å². The molecular weight excluding hydrogens is 301 g/mol. The van der Waals surface area contributed by atoms with Crippen LogP contribution in [0.25, 0.3) is 0 Å². The van der Waals surface area contributed by atoms with Gasteiger partial charge in [0.05, 0.1) is 10.5 Å². The van der Waals surface area contributed by atoms with Gasteiger partial charge in [0.2, 0.25) is 0 Å². The van der Waals surface area contributed by atoms with Gasteiger partial charge in [-0.3, -0.25) is 4.99 Å². The van der Waals surface area contributed by atoms with Crippen LogP contribution in [0, 0.1) is 0 Å². The molecule has 0 fully saturated rings. The van der Waals surface area contributed by atoms with Crippen molar-refractivity contribution in [3.05, 3.63) is 28.2 Å². The monoisotopic (exact) mass is 317 g/mol. The van der Waals surface area contributed by atoms with Gasteiger partial charge in [0.15, 0.2) is 5.96 Å². The van der Waals surface area contributed by atoms with E-state index in [9.17, 15) is 4.39 Å². The summed E-state index contributed by atoms with van der Waals surface area (Å²) in [6.07, 6.45) is 0. The van der Waals surface area contributed by atoms with Crippen molar-refractivity contribution in [3.63, 3.8) is 0 Å². The van der Waals surface area contributed by atoms with Crippen LogP contribution in [0.5, 0.6) is 5.75 Å². The first-order valence-electron chi connectivity index (χ1n) is 5.55. The van der Waals surface area contributed by atoms with Gasteiger partial charge in [-0.05, 0) is 40.5 Å². The van der Waals surface area contributed by atoms with E-state index >= 15 is 0 Å². The number of hydrogen-bond acceptors (Lipinski definition) is 2. The zero-order valence-corrected chi connectivity index (χ0v) is 12.0. The van der Waals surface area contributed by atoms with Crippen LogP contribution in [0.4, 0.5) is 4.39 Å². The molecule has 1 rings (SSSR count). The van der Waals surface area contributed by atoms with E-state index in [-0.39, 0.29) is 12.6 Å². The lowest BCUT2D eigenvalue weighted by Crippen LogP contribution is -2.33. The molecule has 0 saturated heterocycles. The van der Waals surface area contributed by atoms with E-state index < -0.39 is 6.67 Å². The van der Waals surface area contributed by atoms with Crippen molar-refractivity contribution in [3.8, 4) is 5.75 Å². The smallest absolute Gasteiger partial charge is 0.188 e. The number of halogens is 2. The van der Waals surface area contributed by atoms with Crippen molar-refractivity contribution in [2.75, 3.05) is 20.3 Å². The van der Waals surface area contributed by atoms with E-state index in [0.29, 0.717) is 11.7 Å². The van der Waals surface area contributed by atoms with Gasteiger partial charge in [-0.2, -0.15) is 0 Å². The van der Waals surface area contributed by atoms with Crippen LogP contribution < -0.4 is 15.8 Å². The Balaban J connectivity index is 2.77. The average Bonchev–Trinajstić information content (AvgIpc) is 2.37. The predicted molar refractivity (Wildman–Crippen MR) is 74.7 cm³/mol. The summed E-state index contributed by atoms with van der Waals surface area (Å²) in [4.78, 5) is 3.84. The zero-order valence-electron chi connectivity index (χ0n) is 10.4. The predicted octanol–water partition coefficient (Wildman–Crippen LogP) is 2.39. The van der Waals surface area contributed by atoms with Crippen LogP contribution in [0.2, 0.25) is 0 Å². The van der Waals surface area contributed by atoms with Gasteiger partial charge < -0.3 is 15.8 Å². The lowest BCUT2D eigenvalue weighted by Gasteiger charge is -2.16. The lowest BCUT2D eigenvalue weighted by molar-refractivity contribution is 0.272. The van der Waals surface area contributed by atoms with Crippen molar-refractivity contribution >= 4 is 21.9 Å². The van der Waals surface area contributed by atoms with Gasteiger partial charge in [-0.1, -0.05) is 6.07 Å². The zero-order chi connectivity index (χ0) is 13.5. The lowest BCUT2D eigenvalue weighted by atomic mass is 10.1. The fourth-order valence-corrected chi connectivity index (χ4v) is 1.93. The van der Waals surface area contributed by atoms with E-state index in [1.165, 1.54) is 0 Å². The Labute approximate surface area is 115 Å². The Morgan fingerprint density at radius 3 is 2.89 bits per heavy atom. The molecule has 1 atom stereocenters. The second-order valence-corrected chi connectivity index (χ2v) is 4.56. The number of nitrogens with two attached hydrogens (primary N) is 1. The normalized spacial score (nSPS) is 13.2. The molecule has 100 valence electrons. The summed E-state index contributed by atoms with van der Waals surface area (Å²) >= 11 is 3.39. The quantitative estimate of drug-likeness (QED) is 0.647. The van der Waals surface area contributed by atoms with E-state index in [1.807, 2.05) is 19.1 Å². The molecule has 0 bridgehead atoms. The molecule has 0 heterocycles. The Morgan fingerprint density at radius 1 is 1.61 bits per heavy atom. The van der Waals surface area contributed by atoms with Crippen LogP contribution in [-0.4, -0.2) is 26.3 Å². The highest BCUT2D eigenvalue weighted by Crippen LogP contribution is 2.28. The second kappa shape index (κ2) is 7.20. The Kier molecular flexibility index (Phi) is 5.91. The summed E-state index contributed by atoms with van der Waals surface area (Å²) in [5, 5.41) is 3.04. The summed E-state index contributed by atoms with van der Waals surface area (Å²) in [5.74, 6) is 1.01. The number of benzene rings is 1. The first-order valence-corrected chi connectivity index (χ1v) is 6.34. The largest absolute Gasteiger partial charge is 0.490 e. The minimum atomic E-state index is -0.504.